The Morgan fingerprint density at radius 2 is 1.81 bits per heavy atom. The van der Waals surface area contributed by atoms with E-state index in [1.807, 2.05) is 31.2 Å². The van der Waals surface area contributed by atoms with Crippen LogP contribution in [-0.2, 0) is 11.2 Å². The lowest BCUT2D eigenvalue weighted by atomic mass is 10.1. The van der Waals surface area contributed by atoms with E-state index in [-0.39, 0.29) is 18.4 Å². The summed E-state index contributed by atoms with van der Waals surface area (Å²) in [6, 6.07) is 13.3. The van der Waals surface area contributed by atoms with Crippen molar-refractivity contribution in [2.24, 2.45) is 0 Å². The van der Waals surface area contributed by atoms with E-state index >= 15 is 0 Å². The molecule has 27 heavy (non-hydrogen) atoms. The minimum absolute atomic E-state index is 0.0609. The number of aromatic nitrogens is 1. The minimum atomic E-state index is -0.723. The average molecular weight is 367 g/mol. The van der Waals surface area contributed by atoms with Crippen LogP contribution in [0.15, 0.2) is 59.1 Å². The van der Waals surface area contributed by atoms with Gasteiger partial charge in [0.25, 0.3) is 5.91 Å². The Labute approximate surface area is 155 Å². The topological polar surface area (TPSA) is 84.2 Å². The second-order valence-electron chi connectivity index (χ2n) is 5.97. The summed E-state index contributed by atoms with van der Waals surface area (Å²) in [5.41, 5.74) is 6.34. The van der Waals surface area contributed by atoms with Crippen LogP contribution in [0.25, 0.3) is 11.3 Å². The van der Waals surface area contributed by atoms with Crippen LogP contribution in [0, 0.1) is 12.7 Å². The zero-order chi connectivity index (χ0) is 19.2. The van der Waals surface area contributed by atoms with Gasteiger partial charge in [0.1, 0.15) is 5.82 Å². The lowest BCUT2D eigenvalue weighted by molar-refractivity contribution is -0.121. The predicted molar refractivity (Wildman–Crippen MR) is 97.0 cm³/mol. The Morgan fingerprint density at radius 3 is 2.56 bits per heavy atom. The molecule has 0 fully saturated rings. The number of rotatable bonds is 5. The van der Waals surface area contributed by atoms with E-state index in [1.165, 1.54) is 24.3 Å². The van der Waals surface area contributed by atoms with E-state index in [4.69, 9.17) is 4.42 Å². The van der Waals surface area contributed by atoms with Gasteiger partial charge in [0.15, 0.2) is 11.7 Å². The zero-order valence-corrected chi connectivity index (χ0v) is 14.7. The molecular weight excluding hydrogens is 349 g/mol. The lowest BCUT2D eigenvalue weighted by Gasteiger charge is -2.07. The first-order valence-electron chi connectivity index (χ1n) is 8.38. The third kappa shape index (κ3) is 4.78. The largest absolute Gasteiger partial charge is 0.441 e. The number of oxazole rings is 1. The van der Waals surface area contributed by atoms with Crippen molar-refractivity contribution >= 4 is 11.8 Å². The number of nitrogens with one attached hydrogen (secondary N) is 2. The summed E-state index contributed by atoms with van der Waals surface area (Å²) < 4.78 is 19.1. The Bertz CT molecular complexity index is 951. The van der Waals surface area contributed by atoms with Gasteiger partial charge >= 0.3 is 0 Å². The van der Waals surface area contributed by atoms with Crippen LogP contribution in [-0.4, -0.2) is 16.8 Å². The average Bonchev–Trinajstić information content (AvgIpc) is 3.14. The summed E-state index contributed by atoms with van der Waals surface area (Å²) in [5.74, 6) is -0.777. The fourth-order valence-electron chi connectivity index (χ4n) is 2.40. The van der Waals surface area contributed by atoms with E-state index in [0.717, 1.165) is 11.1 Å². The summed E-state index contributed by atoms with van der Waals surface area (Å²) in [7, 11) is 0. The minimum Gasteiger partial charge on any atom is -0.441 e. The molecule has 0 bridgehead atoms. The normalized spacial score (nSPS) is 10.4. The van der Waals surface area contributed by atoms with Crippen LogP contribution < -0.4 is 10.9 Å². The smallest absolute Gasteiger partial charge is 0.272 e. The van der Waals surface area contributed by atoms with Crippen LogP contribution in [0.4, 0.5) is 4.39 Å². The van der Waals surface area contributed by atoms with Gasteiger partial charge in [0.05, 0.1) is 11.8 Å². The van der Waals surface area contributed by atoms with Crippen molar-refractivity contribution < 1.29 is 18.4 Å². The predicted octanol–water partition coefficient (Wildman–Crippen LogP) is 3.18. The van der Waals surface area contributed by atoms with E-state index in [2.05, 4.69) is 15.8 Å². The molecule has 3 rings (SSSR count). The highest BCUT2D eigenvalue weighted by atomic mass is 19.1. The molecule has 0 saturated carbocycles. The van der Waals surface area contributed by atoms with E-state index in [1.54, 1.807) is 6.20 Å². The van der Waals surface area contributed by atoms with Crippen molar-refractivity contribution in [2.75, 3.05) is 0 Å². The Hall–Kier alpha value is -3.48. The van der Waals surface area contributed by atoms with Gasteiger partial charge in [0.2, 0.25) is 5.91 Å². The van der Waals surface area contributed by atoms with Crippen molar-refractivity contribution in [3.8, 4) is 11.3 Å². The Balaban J connectivity index is 1.49. The SMILES string of the molecule is Cc1ccc(-c2cnc(CCC(=O)NNC(=O)c3ccccc3F)o2)cc1. The molecule has 0 saturated heterocycles. The molecule has 2 aromatic carbocycles. The summed E-state index contributed by atoms with van der Waals surface area (Å²) in [6.07, 6.45) is 1.94. The van der Waals surface area contributed by atoms with Crippen LogP contribution in [0.2, 0.25) is 0 Å². The first-order valence-corrected chi connectivity index (χ1v) is 8.38. The van der Waals surface area contributed by atoms with Crippen LogP contribution in [0.3, 0.4) is 0 Å². The molecule has 138 valence electrons. The molecule has 0 radical (unpaired) electrons. The van der Waals surface area contributed by atoms with E-state index in [9.17, 15) is 14.0 Å². The van der Waals surface area contributed by atoms with Crippen LogP contribution in [0.5, 0.6) is 0 Å². The monoisotopic (exact) mass is 367 g/mol. The second kappa shape index (κ2) is 8.27. The first-order chi connectivity index (χ1) is 13.0. The van der Waals surface area contributed by atoms with Crippen molar-refractivity contribution in [3.63, 3.8) is 0 Å². The van der Waals surface area contributed by atoms with Gasteiger partial charge in [-0.1, -0.05) is 42.0 Å². The molecule has 2 amide bonds. The van der Waals surface area contributed by atoms with Crippen molar-refractivity contribution in [2.45, 2.75) is 19.8 Å². The van der Waals surface area contributed by atoms with Gasteiger partial charge in [-0.05, 0) is 19.1 Å². The van der Waals surface area contributed by atoms with E-state index in [0.29, 0.717) is 11.7 Å². The first kappa shape index (κ1) is 18.3. The molecule has 1 aromatic heterocycles. The van der Waals surface area contributed by atoms with Gasteiger partial charge in [-0.3, -0.25) is 20.4 Å². The number of hydrogen-bond acceptors (Lipinski definition) is 4. The maximum Gasteiger partial charge on any atom is 0.272 e. The van der Waals surface area contributed by atoms with Gasteiger partial charge < -0.3 is 4.42 Å². The highest BCUT2D eigenvalue weighted by Crippen LogP contribution is 2.21. The molecule has 0 aliphatic rings. The molecule has 0 atom stereocenters. The molecule has 6 nitrogen and oxygen atoms in total. The summed E-state index contributed by atoms with van der Waals surface area (Å²) in [5, 5.41) is 0. The van der Waals surface area contributed by atoms with Gasteiger partial charge in [0, 0.05) is 18.4 Å². The molecule has 3 aromatic rings. The number of halogens is 1. The summed E-state index contributed by atoms with van der Waals surface area (Å²) in [6.45, 7) is 2.00. The second-order valence-corrected chi connectivity index (χ2v) is 5.97. The number of amides is 2. The molecule has 2 N–H and O–H groups in total. The number of hydrazine groups is 1. The fourth-order valence-corrected chi connectivity index (χ4v) is 2.40. The number of aryl methyl sites for hydroxylation is 2. The number of nitrogens with zero attached hydrogens (tertiary/aromatic N) is 1. The number of hydrogen-bond donors (Lipinski definition) is 2. The highest BCUT2D eigenvalue weighted by molar-refractivity contribution is 5.95. The number of carbonyl (C=O) groups excluding carboxylic acids is 2. The van der Waals surface area contributed by atoms with Crippen molar-refractivity contribution in [1.82, 2.24) is 15.8 Å². The van der Waals surface area contributed by atoms with Gasteiger partial charge in [-0.2, -0.15) is 0 Å². The number of carbonyl (C=O) groups is 2. The van der Waals surface area contributed by atoms with E-state index < -0.39 is 17.6 Å². The maximum atomic E-state index is 13.5. The quantitative estimate of drug-likeness (QED) is 0.679. The van der Waals surface area contributed by atoms with Gasteiger partial charge in [-0.15, -0.1) is 0 Å². The molecule has 0 aliphatic carbocycles. The molecular formula is C20H18FN3O3. The highest BCUT2D eigenvalue weighted by Gasteiger charge is 2.13. The molecule has 1 heterocycles. The molecule has 0 unspecified atom stereocenters. The van der Waals surface area contributed by atoms with Gasteiger partial charge in [-0.25, -0.2) is 9.37 Å². The fraction of sp³-hybridized carbons (Fsp3) is 0.150. The van der Waals surface area contributed by atoms with Crippen LogP contribution in [0.1, 0.15) is 28.2 Å². The van der Waals surface area contributed by atoms with Crippen molar-refractivity contribution in [3.05, 3.63) is 77.6 Å². The third-order valence-electron chi connectivity index (χ3n) is 3.89. The van der Waals surface area contributed by atoms with Crippen LogP contribution >= 0.6 is 0 Å². The molecule has 0 spiro atoms. The standard InChI is InChI=1S/C20H18FN3O3/c1-13-6-8-14(9-7-13)17-12-22-19(27-17)11-10-18(25)23-24-20(26)15-4-2-3-5-16(15)21/h2-9,12H,10-11H2,1H3,(H,23,25)(H,24,26). The molecule has 7 heteroatoms. The summed E-state index contributed by atoms with van der Waals surface area (Å²) in [4.78, 5) is 27.9. The Morgan fingerprint density at radius 1 is 1.07 bits per heavy atom. The number of benzene rings is 2. The zero-order valence-electron chi connectivity index (χ0n) is 14.7. The van der Waals surface area contributed by atoms with Crippen molar-refractivity contribution in [1.29, 1.82) is 0 Å². The third-order valence-corrected chi connectivity index (χ3v) is 3.89. The summed E-state index contributed by atoms with van der Waals surface area (Å²) >= 11 is 0. The maximum absolute atomic E-state index is 13.5. The Kier molecular flexibility index (Phi) is 5.61. The lowest BCUT2D eigenvalue weighted by Crippen LogP contribution is -2.42. The molecule has 0 aliphatic heterocycles.